The van der Waals surface area contributed by atoms with Gasteiger partial charge in [-0.1, -0.05) is 11.6 Å². The first-order chi connectivity index (χ1) is 5.27. The van der Waals surface area contributed by atoms with E-state index in [9.17, 15) is 0 Å². The average molecular weight is 166 g/mol. The highest BCUT2D eigenvalue weighted by atomic mass is 35.5. The maximum Gasteiger partial charge on any atom is 0.130 e. The predicted octanol–water partition coefficient (Wildman–Crippen LogP) is 2.32. The Bertz CT molecular complexity index is 392. The normalized spacial score (nSPS) is 10.7. The van der Waals surface area contributed by atoms with Gasteiger partial charge in [0.15, 0.2) is 0 Å². The molecule has 0 aliphatic heterocycles. The van der Waals surface area contributed by atoms with Crippen LogP contribution in [0.1, 0.15) is 5.56 Å². The maximum atomic E-state index is 5.74. The van der Waals surface area contributed by atoms with Gasteiger partial charge in [-0.05, 0) is 18.6 Å². The average Bonchev–Trinajstić information content (AvgIpc) is 2.34. The summed E-state index contributed by atoms with van der Waals surface area (Å²) in [6.45, 7) is 1.99. The number of fused-ring (bicyclic) bond motifs is 1. The van der Waals surface area contributed by atoms with Crippen molar-refractivity contribution >= 4 is 22.6 Å². The molecule has 0 amide bonds. The van der Waals surface area contributed by atoms with Gasteiger partial charge in [0.05, 0.1) is 11.0 Å². The van der Waals surface area contributed by atoms with E-state index < -0.39 is 0 Å². The smallest absolute Gasteiger partial charge is 0.130 e. The van der Waals surface area contributed by atoms with Crippen LogP contribution in [0.4, 0.5) is 0 Å². The zero-order chi connectivity index (χ0) is 7.84. The van der Waals surface area contributed by atoms with Gasteiger partial charge in [0.2, 0.25) is 0 Å². The van der Waals surface area contributed by atoms with Crippen LogP contribution < -0.4 is 0 Å². The molecule has 0 unspecified atom stereocenters. The molecule has 0 aliphatic carbocycles. The van der Waals surface area contributed by atoms with Crippen molar-refractivity contribution in [1.82, 2.24) is 9.97 Å². The van der Waals surface area contributed by atoms with E-state index in [1.807, 2.05) is 13.0 Å². The van der Waals surface area contributed by atoms with Crippen molar-refractivity contribution in [3.8, 4) is 0 Å². The molecule has 2 rings (SSSR count). The first-order valence-electron chi connectivity index (χ1n) is 3.29. The van der Waals surface area contributed by atoms with Crippen LogP contribution in [-0.4, -0.2) is 9.97 Å². The number of pyridine rings is 1. The summed E-state index contributed by atoms with van der Waals surface area (Å²) in [5, 5.41) is 0.519. The van der Waals surface area contributed by atoms with Gasteiger partial charge in [0.1, 0.15) is 5.15 Å². The van der Waals surface area contributed by atoms with E-state index in [2.05, 4.69) is 16.0 Å². The van der Waals surface area contributed by atoms with E-state index in [1.165, 1.54) is 0 Å². The molecule has 0 bridgehead atoms. The molecular formula is C8H6ClN2. The molecule has 55 valence electrons. The molecule has 0 atom stereocenters. The monoisotopic (exact) mass is 165 g/mol. The van der Waals surface area contributed by atoms with Crippen LogP contribution in [0, 0.1) is 13.0 Å². The summed E-state index contributed by atoms with van der Waals surface area (Å²) in [4.78, 5) is 7.11. The lowest BCUT2D eigenvalue weighted by atomic mass is 10.2. The van der Waals surface area contributed by atoms with Gasteiger partial charge in [0, 0.05) is 12.3 Å². The second-order valence-electron chi connectivity index (χ2n) is 2.42. The molecular weight excluding hydrogens is 160 g/mol. The number of H-pyrrole nitrogens is 1. The number of aromatic nitrogens is 2. The highest BCUT2D eigenvalue weighted by Gasteiger charge is 2.00. The molecule has 0 fully saturated rings. The molecule has 0 saturated carbocycles. The predicted molar refractivity (Wildman–Crippen MR) is 44.7 cm³/mol. The van der Waals surface area contributed by atoms with Gasteiger partial charge in [-0.15, -0.1) is 0 Å². The zero-order valence-electron chi connectivity index (χ0n) is 5.98. The second-order valence-corrected chi connectivity index (χ2v) is 2.81. The Morgan fingerprint density at radius 3 is 3.27 bits per heavy atom. The Hall–Kier alpha value is -1.02. The minimum atomic E-state index is 0.519. The largest absolute Gasteiger partial charge is 0.359 e. The third-order valence-corrected chi connectivity index (χ3v) is 1.80. The summed E-state index contributed by atoms with van der Waals surface area (Å²) in [6.07, 6.45) is 1.74. The number of aromatic amines is 1. The molecule has 2 heterocycles. The number of rotatable bonds is 0. The lowest BCUT2D eigenvalue weighted by Gasteiger charge is -1.95. The lowest BCUT2D eigenvalue weighted by molar-refractivity contribution is 1.35. The number of hydrogen-bond acceptors (Lipinski definition) is 1. The topological polar surface area (TPSA) is 28.7 Å². The third-order valence-electron chi connectivity index (χ3n) is 1.61. The van der Waals surface area contributed by atoms with Crippen LogP contribution in [0.2, 0.25) is 5.15 Å². The molecule has 2 nitrogen and oxygen atoms in total. The van der Waals surface area contributed by atoms with Gasteiger partial charge >= 0.3 is 0 Å². The molecule has 2 aromatic rings. The first-order valence-corrected chi connectivity index (χ1v) is 3.67. The summed E-state index contributed by atoms with van der Waals surface area (Å²) in [6, 6.07) is 4.78. The quantitative estimate of drug-likeness (QED) is 0.597. The SMILES string of the molecule is Cc1cc(Cl)nc2[c]c[nH]c12. The molecule has 2 aromatic heterocycles. The fraction of sp³-hybridized carbons (Fsp3) is 0.125. The van der Waals surface area contributed by atoms with Crippen molar-refractivity contribution in [2.45, 2.75) is 6.92 Å². The molecule has 0 aliphatic rings. The first kappa shape index (κ1) is 6.68. The Labute approximate surface area is 69.2 Å². The van der Waals surface area contributed by atoms with Crippen molar-refractivity contribution < 1.29 is 0 Å². The van der Waals surface area contributed by atoms with Crippen LogP contribution in [0.15, 0.2) is 12.3 Å². The highest BCUT2D eigenvalue weighted by molar-refractivity contribution is 6.29. The lowest BCUT2D eigenvalue weighted by Crippen LogP contribution is -1.80. The number of halogens is 1. The Morgan fingerprint density at radius 2 is 2.45 bits per heavy atom. The van der Waals surface area contributed by atoms with E-state index >= 15 is 0 Å². The van der Waals surface area contributed by atoms with Crippen LogP contribution in [-0.2, 0) is 0 Å². The van der Waals surface area contributed by atoms with E-state index in [-0.39, 0.29) is 0 Å². The number of aryl methyl sites for hydroxylation is 1. The third kappa shape index (κ3) is 0.994. The number of hydrogen-bond donors (Lipinski definition) is 1. The van der Waals surface area contributed by atoms with Crippen molar-refractivity contribution in [2.75, 3.05) is 0 Å². The fourth-order valence-electron chi connectivity index (χ4n) is 1.10. The van der Waals surface area contributed by atoms with Gasteiger partial charge in [-0.2, -0.15) is 0 Å². The molecule has 1 N–H and O–H groups in total. The highest BCUT2D eigenvalue weighted by Crippen LogP contribution is 2.17. The zero-order valence-corrected chi connectivity index (χ0v) is 6.74. The van der Waals surface area contributed by atoms with Crippen LogP contribution in [0.25, 0.3) is 11.0 Å². The summed E-state index contributed by atoms with van der Waals surface area (Å²) in [7, 11) is 0. The second kappa shape index (κ2) is 2.24. The minimum Gasteiger partial charge on any atom is -0.359 e. The van der Waals surface area contributed by atoms with E-state index in [4.69, 9.17) is 11.6 Å². The van der Waals surface area contributed by atoms with Gasteiger partial charge < -0.3 is 4.98 Å². The summed E-state index contributed by atoms with van der Waals surface area (Å²) in [5.74, 6) is 0. The van der Waals surface area contributed by atoms with Crippen LogP contribution in [0.5, 0.6) is 0 Å². The van der Waals surface area contributed by atoms with E-state index in [0.29, 0.717) is 5.15 Å². The Kier molecular flexibility index (Phi) is 1.36. The Morgan fingerprint density at radius 1 is 1.64 bits per heavy atom. The van der Waals surface area contributed by atoms with Crippen molar-refractivity contribution in [3.05, 3.63) is 29.0 Å². The molecule has 1 radical (unpaired) electrons. The van der Waals surface area contributed by atoms with Crippen LogP contribution in [0.3, 0.4) is 0 Å². The van der Waals surface area contributed by atoms with Gasteiger partial charge in [-0.25, -0.2) is 4.98 Å². The summed E-state index contributed by atoms with van der Waals surface area (Å²) < 4.78 is 0. The molecule has 0 spiro atoms. The maximum absolute atomic E-state index is 5.74. The van der Waals surface area contributed by atoms with E-state index in [1.54, 1.807) is 6.20 Å². The number of nitrogens with one attached hydrogen (secondary N) is 1. The molecule has 0 aromatic carbocycles. The Balaban J connectivity index is 2.91. The van der Waals surface area contributed by atoms with Crippen molar-refractivity contribution in [1.29, 1.82) is 0 Å². The van der Waals surface area contributed by atoms with Gasteiger partial charge in [-0.3, -0.25) is 0 Å². The molecule has 11 heavy (non-hydrogen) atoms. The van der Waals surface area contributed by atoms with Crippen molar-refractivity contribution in [3.63, 3.8) is 0 Å². The minimum absolute atomic E-state index is 0.519. The molecule has 0 saturated heterocycles. The van der Waals surface area contributed by atoms with E-state index in [0.717, 1.165) is 16.6 Å². The van der Waals surface area contributed by atoms with Crippen molar-refractivity contribution in [2.24, 2.45) is 0 Å². The standard InChI is InChI=1S/C8H6ClN2/c1-5-4-7(9)11-6-2-3-10-8(5)6/h3-4,10H,1H3. The number of nitrogens with zero attached hydrogens (tertiary/aromatic N) is 1. The van der Waals surface area contributed by atoms with Crippen LogP contribution >= 0.6 is 11.6 Å². The summed E-state index contributed by atoms with van der Waals surface area (Å²) in [5.41, 5.74) is 2.91. The molecule has 3 heteroatoms. The fourth-order valence-corrected chi connectivity index (χ4v) is 1.34. The summed E-state index contributed by atoms with van der Waals surface area (Å²) >= 11 is 5.74. The van der Waals surface area contributed by atoms with Gasteiger partial charge in [0.25, 0.3) is 0 Å².